The van der Waals surface area contributed by atoms with E-state index in [1.807, 2.05) is 11.8 Å². The number of aryl methyl sites for hydroxylation is 2. The summed E-state index contributed by atoms with van der Waals surface area (Å²) in [6.45, 7) is 6.77. The maximum absolute atomic E-state index is 13.6. The molecule has 8 nitrogen and oxygen atoms in total. The quantitative estimate of drug-likeness (QED) is 0.399. The van der Waals surface area contributed by atoms with Crippen LogP contribution in [0.25, 0.3) is 16.7 Å². The van der Waals surface area contributed by atoms with Crippen LogP contribution < -0.4 is 4.90 Å². The maximum Gasteiger partial charge on any atom is 0.248 e. The number of hydrogen-bond acceptors (Lipinski definition) is 6. The van der Waals surface area contributed by atoms with Crippen molar-refractivity contribution in [1.29, 1.82) is 0 Å². The molecule has 0 N–H and O–H groups in total. The molecule has 0 unspecified atom stereocenters. The molecule has 9 heteroatoms. The van der Waals surface area contributed by atoms with E-state index in [0.29, 0.717) is 37.5 Å². The number of halogens is 1. The number of benzene rings is 2. The van der Waals surface area contributed by atoms with Gasteiger partial charge in [-0.3, -0.25) is 4.79 Å². The Morgan fingerprint density at radius 1 is 0.973 bits per heavy atom. The molecule has 1 fully saturated rings. The highest BCUT2D eigenvalue weighted by atomic mass is 19.1. The third kappa shape index (κ3) is 5.32. The van der Waals surface area contributed by atoms with Crippen LogP contribution in [0.1, 0.15) is 29.1 Å². The number of fused-ring (bicyclic) bond motifs is 1. The zero-order chi connectivity index (χ0) is 25.9. The van der Waals surface area contributed by atoms with E-state index in [9.17, 15) is 9.18 Å². The fraction of sp³-hybridized carbons (Fsp3) is 0.357. The highest BCUT2D eigenvalue weighted by molar-refractivity contribution is 5.91. The first-order chi connectivity index (χ1) is 17.9. The number of hydrogen-bond donors (Lipinski definition) is 0. The summed E-state index contributed by atoms with van der Waals surface area (Å²) in [6.07, 6.45) is 1.39. The van der Waals surface area contributed by atoms with Gasteiger partial charge in [-0.1, -0.05) is 29.8 Å². The van der Waals surface area contributed by atoms with E-state index in [1.54, 1.807) is 16.8 Å². The Labute approximate surface area is 215 Å². The van der Waals surface area contributed by atoms with Gasteiger partial charge in [0.1, 0.15) is 24.1 Å². The molecule has 2 aromatic heterocycles. The van der Waals surface area contributed by atoms with Crippen molar-refractivity contribution in [2.75, 3.05) is 44.8 Å². The fourth-order valence-electron chi connectivity index (χ4n) is 4.76. The summed E-state index contributed by atoms with van der Waals surface area (Å²) in [5.41, 5.74) is 4.54. The zero-order valence-corrected chi connectivity index (χ0v) is 21.4. The van der Waals surface area contributed by atoms with Crippen LogP contribution in [-0.4, -0.2) is 70.5 Å². The molecule has 1 saturated heterocycles. The van der Waals surface area contributed by atoms with Crippen molar-refractivity contribution in [1.82, 2.24) is 24.6 Å². The molecule has 37 heavy (non-hydrogen) atoms. The van der Waals surface area contributed by atoms with Crippen molar-refractivity contribution in [3.05, 3.63) is 77.0 Å². The number of amides is 1. The normalized spacial score (nSPS) is 14.3. The van der Waals surface area contributed by atoms with Crippen LogP contribution in [0.4, 0.5) is 10.2 Å². The summed E-state index contributed by atoms with van der Waals surface area (Å²) in [4.78, 5) is 26.5. The minimum atomic E-state index is -0.301. The summed E-state index contributed by atoms with van der Waals surface area (Å²) < 4.78 is 20.5. The molecule has 0 saturated carbocycles. The lowest BCUT2D eigenvalue weighted by Gasteiger charge is -2.24. The first-order valence-electron chi connectivity index (χ1n) is 12.5. The van der Waals surface area contributed by atoms with Crippen molar-refractivity contribution in [3.63, 3.8) is 0 Å². The van der Waals surface area contributed by atoms with Gasteiger partial charge in [-0.05, 0) is 50.1 Å². The third-order valence-corrected chi connectivity index (χ3v) is 6.70. The van der Waals surface area contributed by atoms with E-state index < -0.39 is 0 Å². The molecule has 192 valence electrons. The molecule has 2 aromatic carbocycles. The van der Waals surface area contributed by atoms with Crippen LogP contribution in [0.2, 0.25) is 0 Å². The average molecular weight is 503 g/mol. The van der Waals surface area contributed by atoms with Gasteiger partial charge in [0.2, 0.25) is 5.91 Å². The van der Waals surface area contributed by atoms with Crippen LogP contribution in [0, 0.1) is 19.7 Å². The molecule has 0 atom stereocenters. The predicted octanol–water partition coefficient (Wildman–Crippen LogP) is 3.85. The van der Waals surface area contributed by atoms with Crippen molar-refractivity contribution in [2.45, 2.75) is 26.7 Å². The van der Waals surface area contributed by atoms with Crippen LogP contribution in [0.15, 0.2) is 48.5 Å². The second-order valence-corrected chi connectivity index (χ2v) is 9.45. The van der Waals surface area contributed by atoms with Gasteiger partial charge in [0, 0.05) is 39.7 Å². The van der Waals surface area contributed by atoms with Crippen LogP contribution in [0.5, 0.6) is 0 Å². The molecule has 1 aliphatic heterocycles. The smallest absolute Gasteiger partial charge is 0.248 e. The maximum atomic E-state index is 13.6. The van der Waals surface area contributed by atoms with Gasteiger partial charge < -0.3 is 14.5 Å². The topological polar surface area (TPSA) is 76.4 Å². The molecular weight excluding hydrogens is 471 g/mol. The summed E-state index contributed by atoms with van der Waals surface area (Å²) in [5, 5.41) is 5.65. The van der Waals surface area contributed by atoms with Crippen molar-refractivity contribution in [3.8, 4) is 5.69 Å². The first-order valence-corrected chi connectivity index (χ1v) is 12.5. The lowest BCUT2D eigenvalue weighted by molar-refractivity contribution is -0.134. The van der Waals surface area contributed by atoms with Gasteiger partial charge in [0.15, 0.2) is 5.65 Å². The average Bonchev–Trinajstić information content (AvgIpc) is 3.05. The van der Waals surface area contributed by atoms with Gasteiger partial charge >= 0.3 is 0 Å². The third-order valence-electron chi connectivity index (χ3n) is 6.70. The van der Waals surface area contributed by atoms with Gasteiger partial charge in [0.25, 0.3) is 0 Å². The van der Waals surface area contributed by atoms with Gasteiger partial charge in [-0.15, -0.1) is 0 Å². The number of rotatable bonds is 6. The lowest BCUT2D eigenvalue weighted by atomic mass is 10.1. The van der Waals surface area contributed by atoms with Crippen LogP contribution in [0.3, 0.4) is 0 Å². The van der Waals surface area contributed by atoms with Gasteiger partial charge in [-0.25, -0.2) is 19.0 Å². The second-order valence-electron chi connectivity index (χ2n) is 9.45. The Bertz CT molecular complexity index is 1400. The van der Waals surface area contributed by atoms with Crippen LogP contribution >= 0.6 is 0 Å². The summed E-state index contributed by atoms with van der Waals surface area (Å²) in [6, 6.07) is 14.6. The van der Waals surface area contributed by atoms with E-state index in [0.717, 1.165) is 41.1 Å². The fourth-order valence-corrected chi connectivity index (χ4v) is 4.76. The van der Waals surface area contributed by atoms with E-state index >= 15 is 0 Å². The lowest BCUT2D eigenvalue weighted by Crippen LogP contribution is -2.37. The molecule has 0 radical (unpaired) electrons. The largest absolute Gasteiger partial charge is 0.375 e. The SMILES string of the molecule is COCC(=O)N1CCCN(c2nc(Cc3ccc(C)cc3)nc3c2c(C)nn3-c2ccc(F)cc2)CC1. The van der Waals surface area contributed by atoms with E-state index in [2.05, 4.69) is 36.1 Å². The predicted molar refractivity (Wildman–Crippen MR) is 141 cm³/mol. The van der Waals surface area contributed by atoms with Crippen molar-refractivity contribution >= 4 is 22.8 Å². The molecular formula is C28H31FN6O2. The number of aromatic nitrogens is 4. The molecule has 3 heterocycles. The molecule has 0 bridgehead atoms. The molecule has 4 aromatic rings. The Morgan fingerprint density at radius 3 is 2.46 bits per heavy atom. The monoisotopic (exact) mass is 502 g/mol. The number of methoxy groups -OCH3 is 1. The van der Waals surface area contributed by atoms with Crippen LogP contribution in [-0.2, 0) is 16.0 Å². The summed E-state index contributed by atoms with van der Waals surface area (Å²) in [7, 11) is 1.54. The van der Waals surface area contributed by atoms with Crippen molar-refractivity contribution in [2.24, 2.45) is 0 Å². The number of carbonyl (C=O) groups excluding carboxylic acids is 1. The molecule has 5 rings (SSSR count). The summed E-state index contributed by atoms with van der Waals surface area (Å²) >= 11 is 0. The Morgan fingerprint density at radius 2 is 1.73 bits per heavy atom. The first kappa shape index (κ1) is 24.8. The minimum Gasteiger partial charge on any atom is -0.375 e. The highest BCUT2D eigenvalue weighted by Crippen LogP contribution is 2.30. The van der Waals surface area contributed by atoms with Gasteiger partial charge in [-0.2, -0.15) is 5.10 Å². The molecule has 0 spiro atoms. The van der Waals surface area contributed by atoms with E-state index in [-0.39, 0.29) is 18.3 Å². The van der Waals surface area contributed by atoms with Gasteiger partial charge in [0.05, 0.1) is 16.8 Å². The molecule has 0 aliphatic carbocycles. The number of anilines is 1. The van der Waals surface area contributed by atoms with Crippen molar-refractivity contribution < 1.29 is 13.9 Å². The van der Waals surface area contributed by atoms with E-state index in [1.165, 1.54) is 24.8 Å². The summed E-state index contributed by atoms with van der Waals surface area (Å²) in [5.74, 6) is 1.20. The highest BCUT2D eigenvalue weighted by Gasteiger charge is 2.25. The molecule has 1 amide bonds. The molecule has 1 aliphatic rings. The Kier molecular flexibility index (Phi) is 7.14. The zero-order valence-electron chi connectivity index (χ0n) is 21.4. The minimum absolute atomic E-state index is 0.00226. The number of carbonyl (C=O) groups is 1. The number of nitrogens with zero attached hydrogens (tertiary/aromatic N) is 6. The Balaban J connectivity index is 1.58. The standard InChI is InChI=1S/C28H31FN6O2/c1-19-5-7-21(8-6-19)17-24-30-27(34-14-4-13-33(15-16-34)25(36)18-37-3)26-20(2)32-35(28(26)31-24)23-11-9-22(29)10-12-23/h5-12H,4,13-18H2,1-3H3. The number of ether oxygens (including phenoxy) is 1. The second kappa shape index (κ2) is 10.6. The van der Waals surface area contributed by atoms with E-state index in [4.69, 9.17) is 19.8 Å². The Hall–Kier alpha value is -3.85.